The number of benzene rings is 2. The Morgan fingerprint density at radius 2 is 1.89 bits per heavy atom. The van der Waals surface area contributed by atoms with E-state index in [2.05, 4.69) is 5.32 Å². The summed E-state index contributed by atoms with van der Waals surface area (Å²) in [6.07, 6.45) is 1.32. The molecule has 1 atom stereocenters. The highest BCUT2D eigenvalue weighted by Crippen LogP contribution is 2.32. The van der Waals surface area contributed by atoms with Gasteiger partial charge in [-0.05, 0) is 37.1 Å². The van der Waals surface area contributed by atoms with Crippen LogP contribution in [0.25, 0.3) is 0 Å². The molecule has 2 rings (SSSR count). The van der Waals surface area contributed by atoms with E-state index in [4.69, 9.17) is 23.2 Å². The fourth-order valence-electron chi connectivity index (χ4n) is 2.82. The zero-order chi connectivity index (χ0) is 20.2. The minimum absolute atomic E-state index is 0.184. The number of hydrogen-bond acceptors (Lipinski definition) is 3. The third kappa shape index (κ3) is 5.61. The summed E-state index contributed by atoms with van der Waals surface area (Å²) < 4.78 is 26.0. The third-order valence-corrected chi connectivity index (χ3v) is 5.75. The molecule has 8 heteroatoms. The molecule has 1 N–H and O–H groups in total. The van der Waals surface area contributed by atoms with Crippen molar-refractivity contribution in [2.75, 3.05) is 10.6 Å². The molecule has 0 bridgehead atoms. The lowest BCUT2D eigenvalue weighted by molar-refractivity contribution is -0.122. The predicted octanol–water partition coefficient (Wildman–Crippen LogP) is 4.16. The van der Waals surface area contributed by atoms with E-state index >= 15 is 0 Å². The van der Waals surface area contributed by atoms with Gasteiger partial charge in [-0.2, -0.15) is 0 Å². The van der Waals surface area contributed by atoms with E-state index in [1.54, 1.807) is 13.0 Å². The second-order valence-electron chi connectivity index (χ2n) is 6.29. The summed E-state index contributed by atoms with van der Waals surface area (Å²) in [6.45, 7) is 4.01. The van der Waals surface area contributed by atoms with E-state index in [0.29, 0.717) is 11.6 Å². The van der Waals surface area contributed by atoms with Crippen molar-refractivity contribution >= 4 is 44.8 Å². The van der Waals surface area contributed by atoms with E-state index in [-0.39, 0.29) is 17.1 Å². The van der Waals surface area contributed by atoms with Crippen LogP contribution in [0.4, 0.5) is 5.69 Å². The summed E-state index contributed by atoms with van der Waals surface area (Å²) in [5.74, 6) is -0.402. The van der Waals surface area contributed by atoms with Gasteiger partial charge in [-0.25, -0.2) is 8.42 Å². The van der Waals surface area contributed by atoms with Crippen LogP contribution >= 0.6 is 23.2 Å². The molecular weight excluding hydrogens is 407 g/mol. The molecule has 0 aliphatic rings. The molecule has 0 radical (unpaired) electrons. The van der Waals surface area contributed by atoms with Crippen molar-refractivity contribution in [3.05, 3.63) is 63.6 Å². The molecule has 27 heavy (non-hydrogen) atoms. The van der Waals surface area contributed by atoms with Gasteiger partial charge in [-0.15, -0.1) is 0 Å². The summed E-state index contributed by atoms with van der Waals surface area (Å²) in [5.41, 5.74) is 2.20. The van der Waals surface area contributed by atoms with Crippen LogP contribution < -0.4 is 9.62 Å². The molecule has 2 aromatic rings. The standard InChI is InChI=1S/C19H22Cl2N2O3S/c1-4-17(19(24)22-12-14-7-5-6-13(2)10-14)23(27(3,25)26)18-11-15(20)8-9-16(18)21/h5-11,17H,4,12H2,1-3H3,(H,22,24). The highest BCUT2D eigenvalue weighted by Gasteiger charge is 2.32. The molecule has 0 saturated heterocycles. The molecule has 0 aliphatic heterocycles. The largest absolute Gasteiger partial charge is 0.350 e. The maximum atomic E-state index is 12.8. The molecule has 5 nitrogen and oxygen atoms in total. The Bertz CT molecular complexity index is 932. The van der Waals surface area contributed by atoms with Crippen LogP contribution in [0.5, 0.6) is 0 Å². The first-order chi connectivity index (χ1) is 12.6. The maximum Gasteiger partial charge on any atom is 0.244 e. The van der Waals surface area contributed by atoms with Gasteiger partial charge >= 0.3 is 0 Å². The van der Waals surface area contributed by atoms with Gasteiger partial charge in [-0.3, -0.25) is 9.10 Å². The number of nitrogens with zero attached hydrogens (tertiary/aromatic N) is 1. The van der Waals surface area contributed by atoms with Crippen LogP contribution in [-0.2, 0) is 21.4 Å². The molecule has 0 saturated carbocycles. The van der Waals surface area contributed by atoms with Crippen molar-refractivity contribution in [3.8, 4) is 0 Å². The SMILES string of the molecule is CCC(C(=O)NCc1cccc(C)c1)N(c1cc(Cl)ccc1Cl)S(C)(=O)=O. The van der Waals surface area contributed by atoms with Gasteiger partial charge in [0.25, 0.3) is 0 Å². The van der Waals surface area contributed by atoms with Crippen molar-refractivity contribution in [2.24, 2.45) is 0 Å². The third-order valence-electron chi connectivity index (χ3n) is 4.02. The van der Waals surface area contributed by atoms with Gasteiger partial charge in [0.1, 0.15) is 6.04 Å². The number of anilines is 1. The number of carbonyl (C=O) groups excluding carboxylic acids is 1. The number of rotatable bonds is 7. The number of halogens is 2. The van der Waals surface area contributed by atoms with E-state index in [1.165, 1.54) is 12.1 Å². The number of aryl methyl sites for hydroxylation is 1. The van der Waals surface area contributed by atoms with Crippen molar-refractivity contribution in [1.82, 2.24) is 5.32 Å². The van der Waals surface area contributed by atoms with Gasteiger partial charge in [0.05, 0.1) is 17.0 Å². The minimum atomic E-state index is -3.77. The van der Waals surface area contributed by atoms with Crippen LogP contribution in [0, 0.1) is 6.92 Å². The quantitative estimate of drug-likeness (QED) is 0.719. The Labute approximate surface area is 170 Å². The van der Waals surface area contributed by atoms with Crippen molar-refractivity contribution < 1.29 is 13.2 Å². The smallest absolute Gasteiger partial charge is 0.244 e. The van der Waals surface area contributed by atoms with Crippen molar-refractivity contribution in [2.45, 2.75) is 32.9 Å². The average Bonchev–Trinajstić information content (AvgIpc) is 2.59. The summed E-state index contributed by atoms with van der Waals surface area (Å²) in [7, 11) is -3.77. The average molecular weight is 429 g/mol. The first-order valence-electron chi connectivity index (χ1n) is 8.41. The van der Waals surface area contributed by atoms with Crippen LogP contribution in [-0.4, -0.2) is 26.6 Å². The molecular formula is C19H22Cl2N2O3S. The Kier molecular flexibility index (Phi) is 7.14. The first kappa shape index (κ1) is 21.5. The molecule has 0 aliphatic carbocycles. The Morgan fingerprint density at radius 1 is 1.19 bits per heavy atom. The second kappa shape index (κ2) is 8.95. The predicted molar refractivity (Wildman–Crippen MR) is 111 cm³/mol. The minimum Gasteiger partial charge on any atom is -0.350 e. The molecule has 0 fully saturated rings. The van der Waals surface area contributed by atoms with Crippen LogP contribution in [0.15, 0.2) is 42.5 Å². The van der Waals surface area contributed by atoms with Crippen LogP contribution in [0.2, 0.25) is 10.0 Å². The molecule has 1 unspecified atom stereocenters. The lowest BCUT2D eigenvalue weighted by Gasteiger charge is -2.30. The lowest BCUT2D eigenvalue weighted by atomic mass is 10.1. The lowest BCUT2D eigenvalue weighted by Crippen LogP contribution is -2.49. The van der Waals surface area contributed by atoms with E-state index < -0.39 is 22.0 Å². The van der Waals surface area contributed by atoms with Crippen LogP contribution in [0.1, 0.15) is 24.5 Å². The topological polar surface area (TPSA) is 66.5 Å². The Morgan fingerprint density at radius 3 is 2.48 bits per heavy atom. The fourth-order valence-corrected chi connectivity index (χ4v) is 4.46. The maximum absolute atomic E-state index is 12.8. The van der Waals surface area contributed by atoms with Gasteiger partial charge < -0.3 is 5.32 Å². The number of carbonyl (C=O) groups is 1. The number of nitrogens with one attached hydrogen (secondary N) is 1. The molecule has 0 heterocycles. The number of amides is 1. The zero-order valence-electron chi connectivity index (χ0n) is 15.4. The van der Waals surface area contributed by atoms with Gasteiger partial charge in [0.15, 0.2) is 0 Å². The zero-order valence-corrected chi connectivity index (χ0v) is 17.7. The Hall–Kier alpha value is -1.76. The molecule has 1 amide bonds. The highest BCUT2D eigenvalue weighted by molar-refractivity contribution is 7.92. The van der Waals surface area contributed by atoms with E-state index in [9.17, 15) is 13.2 Å². The summed E-state index contributed by atoms with van der Waals surface area (Å²) in [5, 5.41) is 3.35. The summed E-state index contributed by atoms with van der Waals surface area (Å²) >= 11 is 12.2. The Balaban J connectivity index is 2.32. The number of sulfonamides is 1. The molecule has 2 aromatic carbocycles. The van der Waals surface area contributed by atoms with Crippen LogP contribution in [0.3, 0.4) is 0 Å². The fraction of sp³-hybridized carbons (Fsp3) is 0.316. The van der Waals surface area contributed by atoms with Gasteiger partial charge in [-0.1, -0.05) is 60.0 Å². The molecule has 146 valence electrons. The number of hydrogen-bond donors (Lipinski definition) is 1. The van der Waals surface area contributed by atoms with E-state index in [0.717, 1.165) is 21.7 Å². The van der Waals surface area contributed by atoms with Gasteiger partial charge in [0, 0.05) is 11.6 Å². The summed E-state index contributed by atoms with van der Waals surface area (Å²) in [4.78, 5) is 12.8. The molecule has 0 spiro atoms. The monoisotopic (exact) mass is 428 g/mol. The highest BCUT2D eigenvalue weighted by atomic mass is 35.5. The first-order valence-corrected chi connectivity index (χ1v) is 11.0. The molecule has 0 aromatic heterocycles. The second-order valence-corrected chi connectivity index (χ2v) is 8.99. The van der Waals surface area contributed by atoms with Gasteiger partial charge in [0.2, 0.25) is 15.9 Å². The van der Waals surface area contributed by atoms with E-state index in [1.807, 2.05) is 31.2 Å². The van der Waals surface area contributed by atoms with Crippen molar-refractivity contribution in [3.63, 3.8) is 0 Å². The normalized spacial score (nSPS) is 12.5. The summed E-state index contributed by atoms with van der Waals surface area (Å²) in [6, 6.07) is 11.3. The van der Waals surface area contributed by atoms with Crippen molar-refractivity contribution in [1.29, 1.82) is 0 Å².